The van der Waals surface area contributed by atoms with Gasteiger partial charge in [-0.25, -0.2) is 8.78 Å². The highest BCUT2D eigenvalue weighted by atomic mass is 79.9. The van der Waals surface area contributed by atoms with Crippen LogP contribution in [0.5, 0.6) is 5.75 Å². The summed E-state index contributed by atoms with van der Waals surface area (Å²) in [4.78, 5) is 0. The SMILES string of the molecule is COc1ccc(CC(O)CCOCC(F)F)cc1Br. The molecule has 0 aliphatic rings. The Kier molecular flexibility index (Phi) is 7.27. The number of halogens is 3. The summed E-state index contributed by atoms with van der Waals surface area (Å²) in [6, 6.07) is 5.52. The Morgan fingerprint density at radius 3 is 2.68 bits per heavy atom. The molecule has 1 aromatic carbocycles. The largest absolute Gasteiger partial charge is 0.496 e. The molecule has 0 aliphatic heterocycles. The molecular weight excluding hydrogens is 322 g/mol. The summed E-state index contributed by atoms with van der Waals surface area (Å²) in [5.41, 5.74) is 0.939. The first-order valence-corrected chi connectivity index (χ1v) is 6.68. The number of ether oxygens (including phenoxy) is 2. The molecule has 1 unspecified atom stereocenters. The fraction of sp³-hybridized carbons (Fsp3) is 0.538. The van der Waals surface area contributed by atoms with Gasteiger partial charge in [0.15, 0.2) is 0 Å². The van der Waals surface area contributed by atoms with E-state index in [4.69, 9.17) is 9.47 Å². The van der Waals surface area contributed by atoms with E-state index in [2.05, 4.69) is 15.9 Å². The molecule has 6 heteroatoms. The average molecular weight is 339 g/mol. The van der Waals surface area contributed by atoms with Crippen LogP contribution in [-0.4, -0.2) is 38.0 Å². The van der Waals surface area contributed by atoms with E-state index in [-0.39, 0.29) is 6.61 Å². The lowest BCUT2D eigenvalue weighted by Gasteiger charge is -2.12. The van der Waals surface area contributed by atoms with Crippen molar-refractivity contribution >= 4 is 15.9 Å². The van der Waals surface area contributed by atoms with Crippen molar-refractivity contribution in [1.82, 2.24) is 0 Å². The van der Waals surface area contributed by atoms with E-state index in [0.717, 1.165) is 15.8 Å². The third kappa shape index (κ3) is 6.31. The molecule has 0 spiro atoms. The predicted molar refractivity (Wildman–Crippen MR) is 71.8 cm³/mol. The Morgan fingerprint density at radius 2 is 2.11 bits per heavy atom. The summed E-state index contributed by atoms with van der Waals surface area (Å²) >= 11 is 3.36. The zero-order chi connectivity index (χ0) is 14.3. The number of hydrogen-bond acceptors (Lipinski definition) is 3. The third-order valence-electron chi connectivity index (χ3n) is 2.53. The quantitative estimate of drug-likeness (QED) is 0.740. The summed E-state index contributed by atoms with van der Waals surface area (Å²) < 4.78 is 34.3. The fourth-order valence-electron chi connectivity index (χ4n) is 1.60. The van der Waals surface area contributed by atoms with Crippen molar-refractivity contribution in [3.63, 3.8) is 0 Å². The lowest BCUT2D eigenvalue weighted by atomic mass is 10.1. The van der Waals surface area contributed by atoms with Crippen molar-refractivity contribution in [2.75, 3.05) is 20.3 Å². The zero-order valence-electron chi connectivity index (χ0n) is 10.6. The molecule has 1 aromatic rings. The summed E-state index contributed by atoms with van der Waals surface area (Å²) in [6.45, 7) is -0.455. The molecule has 0 saturated carbocycles. The maximum absolute atomic E-state index is 11.8. The molecule has 0 aliphatic carbocycles. The van der Waals surface area contributed by atoms with Crippen LogP contribution in [0.2, 0.25) is 0 Å². The first kappa shape index (κ1) is 16.3. The minimum Gasteiger partial charge on any atom is -0.496 e. The van der Waals surface area contributed by atoms with Crippen molar-refractivity contribution in [2.45, 2.75) is 25.4 Å². The van der Waals surface area contributed by atoms with Gasteiger partial charge in [-0.15, -0.1) is 0 Å². The van der Waals surface area contributed by atoms with Gasteiger partial charge in [0, 0.05) is 6.61 Å². The van der Waals surface area contributed by atoms with Gasteiger partial charge in [-0.1, -0.05) is 6.07 Å². The van der Waals surface area contributed by atoms with Gasteiger partial charge in [-0.05, 0) is 46.5 Å². The van der Waals surface area contributed by atoms with Crippen molar-refractivity contribution < 1.29 is 23.4 Å². The van der Waals surface area contributed by atoms with Crippen LogP contribution < -0.4 is 4.74 Å². The number of alkyl halides is 2. The lowest BCUT2D eigenvalue weighted by Crippen LogP contribution is -2.15. The van der Waals surface area contributed by atoms with E-state index in [1.807, 2.05) is 12.1 Å². The van der Waals surface area contributed by atoms with Gasteiger partial charge in [0.25, 0.3) is 6.43 Å². The van der Waals surface area contributed by atoms with Gasteiger partial charge >= 0.3 is 0 Å². The van der Waals surface area contributed by atoms with Crippen LogP contribution in [-0.2, 0) is 11.2 Å². The Bertz CT molecular complexity index is 388. The van der Waals surface area contributed by atoms with Crippen molar-refractivity contribution in [1.29, 1.82) is 0 Å². The molecule has 0 aromatic heterocycles. The first-order valence-electron chi connectivity index (χ1n) is 5.89. The van der Waals surface area contributed by atoms with E-state index >= 15 is 0 Å². The molecule has 0 saturated heterocycles. The summed E-state index contributed by atoms with van der Waals surface area (Å²) in [5.74, 6) is 0.721. The molecule has 0 radical (unpaired) electrons. The van der Waals surface area contributed by atoms with E-state index in [9.17, 15) is 13.9 Å². The fourth-order valence-corrected chi connectivity index (χ4v) is 2.19. The van der Waals surface area contributed by atoms with Gasteiger partial charge in [-0.3, -0.25) is 0 Å². The van der Waals surface area contributed by atoms with Gasteiger partial charge in [0.1, 0.15) is 12.4 Å². The van der Waals surface area contributed by atoms with Gasteiger partial charge in [0.2, 0.25) is 0 Å². The van der Waals surface area contributed by atoms with Crippen molar-refractivity contribution in [3.05, 3.63) is 28.2 Å². The third-order valence-corrected chi connectivity index (χ3v) is 3.15. The minimum absolute atomic E-state index is 0.128. The molecule has 0 bridgehead atoms. The Labute approximate surface area is 119 Å². The van der Waals surface area contributed by atoms with E-state index in [1.165, 1.54) is 0 Å². The van der Waals surface area contributed by atoms with Crippen LogP contribution in [0, 0.1) is 0 Å². The van der Waals surface area contributed by atoms with Crippen LogP contribution in [0.1, 0.15) is 12.0 Å². The second-order valence-corrected chi connectivity index (χ2v) is 4.94. The molecule has 1 rings (SSSR count). The number of aliphatic hydroxyl groups excluding tert-OH is 1. The Morgan fingerprint density at radius 1 is 1.37 bits per heavy atom. The maximum Gasteiger partial charge on any atom is 0.261 e. The highest BCUT2D eigenvalue weighted by Gasteiger charge is 2.09. The molecule has 0 heterocycles. The van der Waals surface area contributed by atoms with Crippen molar-refractivity contribution in [3.8, 4) is 5.75 Å². The van der Waals surface area contributed by atoms with Crippen LogP contribution in [0.4, 0.5) is 8.78 Å². The Hall–Kier alpha value is -0.720. The predicted octanol–water partition coefficient (Wildman–Crippen LogP) is 3.03. The van der Waals surface area contributed by atoms with E-state index in [0.29, 0.717) is 12.8 Å². The van der Waals surface area contributed by atoms with Gasteiger partial charge < -0.3 is 14.6 Å². The van der Waals surface area contributed by atoms with Gasteiger partial charge in [0.05, 0.1) is 17.7 Å². The highest BCUT2D eigenvalue weighted by molar-refractivity contribution is 9.10. The molecule has 3 nitrogen and oxygen atoms in total. The first-order chi connectivity index (χ1) is 9.02. The standard InChI is InChI=1S/C13H17BrF2O3/c1-18-12-3-2-9(7-11(12)14)6-10(17)4-5-19-8-13(15)16/h2-3,7,10,13,17H,4-6,8H2,1H3. The smallest absolute Gasteiger partial charge is 0.261 e. The molecular formula is C13H17BrF2O3. The van der Waals surface area contributed by atoms with Crippen molar-refractivity contribution in [2.24, 2.45) is 0 Å². The number of rotatable bonds is 8. The minimum atomic E-state index is -2.46. The topological polar surface area (TPSA) is 38.7 Å². The molecule has 1 atom stereocenters. The van der Waals surface area contributed by atoms with Crippen LogP contribution in [0.15, 0.2) is 22.7 Å². The number of aliphatic hydroxyl groups is 1. The average Bonchev–Trinajstić information content (AvgIpc) is 2.35. The van der Waals surface area contributed by atoms with Crippen LogP contribution in [0.3, 0.4) is 0 Å². The zero-order valence-corrected chi connectivity index (χ0v) is 12.2. The summed E-state index contributed by atoms with van der Waals surface area (Å²) in [6.07, 6.45) is -2.30. The monoisotopic (exact) mass is 338 g/mol. The molecule has 19 heavy (non-hydrogen) atoms. The second-order valence-electron chi connectivity index (χ2n) is 4.08. The molecule has 108 valence electrons. The number of hydrogen-bond donors (Lipinski definition) is 1. The summed E-state index contributed by atoms with van der Waals surface area (Å²) in [5, 5.41) is 9.77. The normalized spacial score (nSPS) is 12.7. The van der Waals surface area contributed by atoms with Crippen LogP contribution >= 0.6 is 15.9 Å². The molecule has 0 amide bonds. The lowest BCUT2D eigenvalue weighted by molar-refractivity contribution is 0.00512. The number of methoxy groups -OCH3 is 1. The van der Waals surface area contributed by atoms with Crippen LogP contribution in [0.25, 0.3) is 0 Å². The molecule has 0 fully saturated rings. The second kappa shape index (κ2) is 8.45. The Balaban J connectivity index is 2.35. The summed E-state index contributed by atoms with van der Waals surface area (Å²) in [7, 11) is 1.58. The maximum atomic E-state index is 11.8. The number of benzene rings is 1. The highest BCUT2D eigenvalue weighted by Crippen LogP contribution is 2.26. The van der Waals surface area contributed by atoms with Gasteiger partial charge in [-0.2, -0.15) is 0 Å². The molecule has 1 N–H and O–H groups in total. The van der Waals surface area contributed by atoms with E-state index < -0.39 is 19.1 Å². The van der Waals surface area contributed by atoms with E-state index in [1.54, 1.807) is 13.2 Å².